The molecular weight excluding hydrogens is 322 g/mol. The zero-order valence-corrected chi connectivity index (χ0v) is 13.6. The van der Waals surface area contributed by atoms with Crippen LogP contribution in [-0.4, -0.2) is 29.8 Å². The summed E-state index contributed by atoms with van der Waals surface area (Å²) in [6.45, 7) is 3.03. The molecule has 1 aromatic carbocycles. The van der Waals surface area contributed by atoms with E-state index in [9.17, 15) is 0 Å². The second kappa shape index (κ2) is 5.66. The van der Waals surface area contributed by atoms with Crippen LogP contribution in [0, 0.1) is 6.92 Å². The van der Waals surface area contributed by atoms with Gasteiger partial charge in [-0.15, -0.1) is 0 Å². The fourth-order valence-electron chi connectivity index (χ4n) is 2.98. The van der Waals surface area contributed by atoms with E-state index < -0.39 is 0 Å². The second-order valence-corrected chi connectivity index (χ2v) is 7.59. The van der Waals surface area contributed by atoms with E-state index in [2.05, 4.69) is 46.4 Å². The minimum absolute atomic E-state index is 0.158. The summed E-state index contributed by atoms with van der Waals surface area (Å²) in [5.41, 5.74) is 2.67. The molecule has 0 bridgehead atoms. The van der Waals surface area contributed by atoms with Crippen molar-refractivity contribution >= 4 is 33.4 Å². The van der Waals surface area contributed by atoms with Crippen molar-refractivity contribution in [2.75, 3.05) is 23.4 Å². The molecule has 0 aliphatic carbocycles. The molecule has 2 nitrogen and oxygen atoms in total. The van der Waals surface area contributed by atoms with Crippen LogP contribution in [0.1, 0.15) is 24.8 Å². The quantitative estimate of drug-likeness (QED) is 0.869. The lowest BCUT2D eigenvalue weighted by Gasteiger charge is -2.38. The predicted octanol–water partition coefficient (Wildman–Crippen LogP) is 4.22. The minimum atomic E-state index is 0.158. The highest BCUT2D eigenvalue weighted by atomic mass is 79.9. The van der Waals surface area contributed by atoms with Crippen LogP contribution in [0.4, 0.5) is 5.69 Å². The van der Waals surface area contributed by atoms with Gasteiger partial charge in [-0.3, -0.25) is 0 Å². The summed E-state index contributed by atoms with van der Waals surface area (Å²) < 4.78 is 7.24. The maximum atomic E-state index is 6.07. The Morgan fingerprint density at radius 3 is 3.11 bits per heavy atom. The Balaban J connectivity index is 1.67. The molecule has 1 aromatic rings. The standard InChI is InChI=1S/C15H20BrNOS/c1-11-8-12(2-3-14(11)16)17-13-4-6-18-15(9-13)5-7-19-10-15/h2-3,8,13,17H,4-7,9-10H2,1H3. The van der Waals surface area contributed by atoms with Crippen molar-refractivity contribution in [1.82, 2.24) is 0 Å². The number of anilines is 1. The summed E-state index contributed by atoms with van der Waals surface area (Å²) in [7, 11) is 0. The van der Waals surface area contributed by atoms with E-state index in [0.29, 0.717) is 6.04 Å². The number of hydrogen-bond donors (Lipinski definition) is 1. The predicted molar refractivity (Wildman–Crippen MR) is 86.1 cm³/mol. The fraction of sp³-hybridized carbons (Fsp3) is 0.600. The number of ether oxygens (including phenoxy) is 1. The van der Waals surface area contributed by atoms with Gasteiger partial charge in [0.2, 0.25) is 0 Å². The van der Waals surface area contributed by atoms with Crippen molar-refractivity contribution < 1.29 is 4.74 Å². The van der Waals surface area contributed by atoms with Crippen LogP contribution in [0.25, 0.3) is 0 Å². The minimum Gasteiger partial charge on any atom is -0.382 e. The largest absolute Gasteiger partial charge is 0.382 e. The van der Waals surface area contributed by atoms with E-state index in [1.807, 2.05) is 11.8 Å². The van der Waals surface area contributed by atoms with Crippen LogP contribution >= 0.6 is 27.7 Å². The Morgan fingerprint density at radius 2 is 2.37 bits per heavy atom. The lowest BCUT2D eigenvalue weighted by atomic mass is 9.89. The lowest BCUT2D eigenvalue weighted by Crippen LogP contribution is -2.44. The van der Waals surface area contributed by atoms with Crippen molar-refractivity contribution in [2.24, 2.45) is 0 Å². The molecule has 2 saturated heterocycles. The first kappa shape index (κ1) is 13.8. The zero-order chi connectivity index (χ0) is 13.3. The molecule has 2 aliphatic rings. The number of hydrogen-bond acceptors (Lipinski definition) is 3. The highest BCUT2D eigenvalue weighted by molar-refractivity contribution is 9.10. The molecule has 1 spiro atoms. The van der Waals surface area contributed by atoms with Gasteiger partial charge in [0.05, 0.1) is 5.60 Å². The van der Waals surface area contributed by atoms with E-state index >= 15 is 0 Å². The molecule has 19 heavy (non-hydrogen) atoms. The molecule has 2 heterocycles. The van der Waals surface area contributed by atoms with Gasteiger partial charge in [-0.1, -0.05) is 15.9 Å². The number of nitrogens with one attached hydrogen (secondary N) is 1. The van der Waals surface area contributed by atoms with Crippen LogP contribution in [0.2, 0.25) is 0 Å². The number of rotatable bonds is 2. The molecule has 0 aromatic heterocycles. The second-order valence-electron chi connectivity index (χ2n) is 5.63. The van der Waals surface area contributed by atoms with Gasteiger partial charge >= 0.3 is 0 Å². The first-order valence-electron chi connectivity index (χ1n) is 6.91. The summed E-state index contributed by atoms with van der Waals surface area (Å²) >= 11 is 5.59. The molecule has 1 N–H and O–H groups in total. The Hall–Kier alpha value is -0.190. The van der Waals surface area contributed by atoms with E-state index in [4.69, 9.17) is 4.74 Å². The van der Waals surface area contributed by atoms with Crippen molar-refractivity contribution in [3.05, 3.63) is 28.2 Å². The van der Waals surface area contributed by atoms with Gasteiger partial charge in [0.1, 0.15) is 0 Å². The van der Waals surface area contributed by atoms with Crippen LogP contribution < -0.4 is 5.32 Å². The third kappa shape index (κ3) is 3.11. The lowest BCUT2D eigenvalue weighted by molar-refractivity contribution is -0.0628. The zero-order valence-electron chi connectivity index (χ0n) is 11.2. The van der Waals surface area contributed by atoms with E-state index in [1.54, 1.807) is 0 Å². The molecule has 2 aliphatic heterocycles. The Morgan fingerprint density at radius 1 is 1.47 bits per heavy atom. The Kier molecular flexibility index (Phi) is 4.11. The summed E-state index contributed by atoms with van der Waals surface area (Å²) in [6.07, 6.45) is 3.48. The number of aryl methyl sites for hydroxylation is 1. The number of benzene rings is 1. The van der Waals surface area contributed by atoms with Gasteiger partial charge in [-0.2, -0.15) is 11.8 Å². The molecule has 0 saturated carbocycles. The highest BCUT2D eigenvalue weighted by Gasteiger charge is 2.40. The van der Waals surface area contributed by atoms with Gasteiger partial charge in [0, 0.05) is 28.6 Å². The smallest absolute Gasteiger partial charge is 0.0799 e. The molecular formula is C15H20BrNOS. The van der Waals surface area contributed by atoms with Gasteiger partial charge in [-0.25, -0.2) is 0 Å². The average Bonchev–Trinajstić information content (AvgIpc) is 2.82. The third-order valence-corrected chi connectivity index (χ3v) is 6.20. The monoisotopic (exact) mass is 341 g/mol. The summed E-state index contributed by atoms with van der Waals surface area (Å²) in [6, 6.07) is 7.05. The van der Waals surface area contributed by atoms with Gasteiger partial charge in [0.25, 0.3) is 0 Å². The van der Waals surface area contributed by atoms with Crippen molar-refractivity contribution in [1.29, 1.82) is 0 Å². The molecule has 2 fully saturated rings. The first-order valence-corrected chi connectivity index (χ1v) is 8.86. The van der Waals surface area contributed by atoms with E-state index in [1.165, 1.54) is 33.7 Å². The fourth-order valence-corrected chi connectivity index (χ4v) is 4.61. The third-order valence-electron chi connectivity index (χ3n) is 4.09. The van der Waals surface area contributed by atoms with E-state index in [-0.39, 0.29) is 5.60 Å². The van der Waals surface area contributed by atoms with Crippen LogP contribution in [0.3, 0.4) is 0 Å². The van der Waals surface area contributed by atoms with Gasteiger partial charge < -0.3 is 10.1 Å². The molecule has 0 radical (unpaired) electrons. The Labute approximate surface area is 127 Å². The maximum absolute atomic E-state index is 6.07. The molecule has 4 heteroatoms. The van der Waals surface area contributed by atoms with E-state index in [0.717, 1.165) is 19.4 Å². The normalized spacial score (nSPS) is 30.7. The van der Waals surface area contributed by atoms with Crippen LogP contribution in [-0.2, 0) is 4.74 Å². The molecule has 2 unspecified atom stereocenters. The first-order chi connectivity index (χ1) is 9.17. The van der Waals surface area contributed by atoms with Gasteiger partial charge in [-0.05, 0) is 55.7 Å². The van der Waals surface area contributed by atoms with Crippen molar-refractivity contribution in [3.63, 3.8) is 0 Å². The van der Waals surface area contributed by atoms with Crippen LogP contribution in [0.15, 0.2) is 22.7 Å². The average molecular weight is 342 g/mol. The maximum Gasteiger partial charge on any atom is 0.0799 e. The van der Waals surface area contributed by atoms with Crippen LogP contribution in [0.5, 0.6) is 0 Å². The Bertz CT molecular complexity index is 459. The highest BCUT2D eigenvalue weighted by Crippen LogP contribution is 2.39. The molecule has 104 valence electrons. The summed E-state index contributed by atoms with van der Waals surface area (Å²) in [5.74, 6) is 2.43. The van der Waals surface area contributed by atoms with Crippen molar-refractivity contribution in [2.45, 2.75) is 37.8 Å². The van der Waals surface area contributed by atoms with Gasteiger partial charge in [0.15, 0.2) is 0 Å². The number of thioether (sulfide) groups is 1. The SMILES string of the molecule is Cc1cc(NC2CCOC3(CCSC3)C2)ccc1Br. The molecule has 3 rings (SSSR count). The topological polar surface area (TPSA) is 21.3 Å². The summed E-state index contributed by atoms with van der Waals surface area (Å²) in [5, 5.41) is 3.69. The number of halogens is 1. The molecule has 2 atom stereocenters. The summed E-state index contributed by atoms with van der Waals surface area (Å²) in [4.78, 5) is 0. The molecule has 0 amide bonds. The van der Waals surface area contributed by atoms with Crippen molar-refractivity contribution in [3.8, 4) is 0 Å².